The fourth-order valence-electron chi connectivity index (χ4n) is 6.39. The molecule has 0 spiro atoms. The summed E-state index contributed by atoms with van der Waals surface area (Å²) in [5.74, 6) is -0.126. The summed E-state index contributed by atoms with van der Waals surface area (Å²) in [6.45, 7) is 8.07. The Kier molecular flexibility index (Phi) is 7.82. The van der Waals surface area contributed by atoms with Crippen LogP contribution in [0, 0.1) is 18.3 Å². The Morgan fingerprint density at radius 3 is 2.71 bits per heavy atom. The van der Waals surface area contributed by atoms with Crippen molar-refractivity contribution >= 4 is 27.6 Å². The number of ether oxygens (including phenoxy) is 1. The number of anilines is 1. The van der Waals surface area contributed by atoms with Crippen LogP contribution in [0.3, 0.4) is 0 Å². The molecular weight excluding hydrogens is 533 g/mol. The maximum atomic E-state index is 13.9. The molecule has 1 N–H and O–H groups in total. The van der Waals surface area contributed by atoms with Crippen molar-refractivity contribution in [3.8, 4) is 17.8 Å². The quantitative estimate of drug-likeness (QED) is 0.330. The molecule has 10 heteroatoms. The Labute approximate surface area is 245 Å². The third-order valence-corrected chi connectivity index (χ3v) is 8.64. The van der Waals surface area contributed by atoms with Gasteiger partial charge in [-0.2, -0.15) is 15.2 Å². The number of aliphatic hydroxyl groups excluding tert-OH is 1. The van der Waals surface area contributed by atoms with Gasteiger partial charge in [-0.3, -0.25) is 9.47 Å². The van der Waals surface area contributed by atoms with E-state index in [1.165, 1.54) is 0 Å². The lowest BCUT2D eigenvalue weighted by molar-refractivity contribution is -0.0167. The van der Waals surface area contributed by atoms with E-state index in [-0.39, 0.29) is 6.42 Å². The molecule has 2 aliphatic rings. The van der Waals surface area contributed by atoms with Gasteiger partial charge in [-0.05, 0) is 50.9 Å². The number of nitriles is 1. The number of piperazine rings is 1. The van der Waals surface area contributed by atoms with Gasteiger partial charge in [0.25, 0.3) is 0 Å². The Hall–Kier alpha value is -4.04. The van der Waals surface area contributed by atoms with E-state index in [1.807, 2.05) is 18.2 Å². The number of hydrogen-bond donors (Lipinski definition) is 1. The minimum atomic E-state index is -1.45. The summed E-state index contributed by atoms with van der Waals surface area (Å²) in [5, 5.41) is 23.1. The number of halogens is 1. The standard InChI is InChI=1S/C32H36FN7O2/c1-21-18-27-29(38-16-17-39(31(41)22(2)33)24(19-38)13-14-34)35-32(42-20-25-10-7-15-37(25)3)36-30(27)40(21)28-12-6-9-23-8-4-5-11-26(23)28/h4-6,8-9,11-12,18,24-25,31,41H,2,7,10,13,15-17,19-20H2,1,3H3/t24-,25-,31?/m0/s1. The summed E-state index contributed by atoms with van der Waals surface area (Å²) in [5.41, 5.74) is 2.75. The van der Waals surface area contributed by atoms with Crippen LogP contribution in [-0.2, 0) is 0 Å². The first-order chi connectivity index (χ1) is 20.4. The Morgan fingerprint density at radius 1 is 1.14 bits per heavy atom. The summed E-state index contributed by atoms with van der Waals surface area (Å²) >= 11 is 0. The molecule has 2 saturated heterocycles. The second kappa shape index (κ2) is 11.7. The van der Waals surface area contributed by atoms with Gasteiger partial charge in [-0.1, -0.05) is 43.0 Å². The van der Waals surface area contributed by atoms with E-state index in [4.69, 9.17) is 14.7 Å². The first-order valence-electron chi connectivity index (χ1n) is 14.5. The number of benzene rings is 2. The van der Waals surface area contributed by atoms with Crippen LogP contribution >= 0.6 is 0 Å². The van der Waals surface area contributed by atoms with E-state index >= 15 is 0 Å². The molecule has 2 aliphatic heterocycles. The number of aryl methyl sites for hydroxylation is 1. The van der Waals surface area contributed by atoms with Crippen molar-refractivity contribution in [2.24, 2.45) is 0 Å². The largest absolute Gasteiger partial charge is 0.462 e. The predicted octanol–water partition coefficient (Wildman–Crippen LogP) is 4.56. The van der Waals surface area contributed by atoms with Gasteiger partial charge in [0.1, 0.15) is 18.3 Å². The highest BCUT2D eigenvalue weighted by Crippen LogP contribution is 2.35. The summed E-state index contributed by atoms with van der Waals surface area (Å²) in [7, 11) is 2.11. The average molecular weight is 570 g/mol. The molecule has 2 aromatic carbocycles. The number of aromatic nitrogens is 3. The zero-order chi connectivity index (χ0) is 29.4. The molecular formula is C32H36FN7O2. The lowest BCUT2D eigenvalue weighted by atomic mass is 10.1. The topological polar surface area (TPSA) is 93.7 Å². The molecule has 42 heavy (non-hydrogen) atoms. The molecule has 0 bridgehead atoms. The third kappa shape index (κ3) is 5.20. The lowest BCUT2D eigenvalue weighted by Gasteiger charge is -2.42. The van der Waals surface area contributed by atoms with Gasteiger partial charge in [-0.25, -0.2) is 4.39 Å². The van der Waals surface area contributed by atoms with Crippen molar-refractivity contribution in [2.45, 2.75) is 44.5 Å². The fraction of sp³-hybridized carbons (Fsp3) is 0.406. The number of likely N-dealkylation sites (tertiary alicyclic amines) is 1. The molecule has 218 valence electrons. The number of rotatable bonds is 8. The van der Waals surface area contributed by atoms with Crippen molar-refractivity contribution in [2.75, 3.05) is 44.7 Å². The van der Waals surface area contributed by atoms with Crippen molar-refractivity contribution < 1.29 is 14.2 Å². The molecule has 2 aromatic heterocycles. The summed E-state index contributed by atoms with van der Waals surface area (Å²) in [4.78, 5) is 15.9. The van der Waals surface area contributed by atoms with E-state index < -0.39 is 18.1 Å². The molecule has 1 unspecified atom stereocenters. The van der Waals surface area contributed by atoms with Gasteiger partial charge in [0.2, 0.25) is 0 Å². The van der Waals surface area contributed by atoms with E-state index in [0.717, 1.165) is 52.6 Å². The normalized spacial score (nSPS) is 20.7. The average Bonchev–Trinajstić information content (AvgIpc) is 3.56. The SMILES string of the molecule is C=C(F)C(O)N1CCN(c2nc(OC[C@@H]3CCCN3C)nc3c2cc(C)n3-c2cccc3ccccc23)C[C@@H]1CC#N. The minimum absolute atomic E-state index is 0.127. The molecule has 4 aromatic rings. The van der Waals surface area contributed by atoms with Crippen LogP contribution < -0.4 is 9.64 Å². The third-order valence-electron chi connectivity index (χ3n) is 8.64. The van der Waals surface area contributed by atoms with E-state index in [1.54, 1.807) is 4.90 Å². The molecule has 0 amide bonds. The molecule has 0 radical (unpaired) electrons. The second-order valence-corrected chi connectivity index (χ2v) is 11.3. The highest BCUT2D eigenvalue weighted by molar-refractivity contribution is 5.95. The van der Waals surface area contributed by atoms with E-state index in [0.29, 0.717) is 44.1 Å². The molecule has 3 atom stereocenters. The van der Waals surface area contributed by atoms with Gasteiger partial charge in [0.15, 0.2) is 11.9 Å². The maximum absolute atomic E-state index is 13.9. The van der Waals surface area contributed by atoms with Crippen LogP contribution in [0.2, 0.25) is 0 Å². The molecule has 6 rings (SSSR count). The smallest absolute Gasteiger partial charge is 0.320 e. The summed E-state index contributed by atoms with van der Waals surface area (Å²) < 4.78 is 22.3. The van der Waals surface area contributed by atoms with Gasteiger partial charge in [0, 0.05) is 42.8 Å². The van der Waals surface area contributed by atoms with Crippen molar-refractivity contribution in [1.82, 2.24) is 24.3 Å². The molecule has 9 nitrogen and oxygen atoms in total. The summed E-state index contributed by atoms with van der Waals surface area (Å²) in [6, 6.07) is 19.0. The fourth-order valence-corrected chi connectivity index (χ4v) is 6.39. The van der Waals surface area contributed by atoms with Crippen LogP contribution in [0.4, 0.5) is 10.2 Å². The number of fused-ring (bicyclic) bond motifs is 2. The number of likely N-dealkylation sites (N-methyl/N-ethyl adjacent to an activating group) is 1. The Morgan fingerprint density at radius 2 is 1.95 bits per heavy atom. The first-order valence-corrected chi connectivity index (χ1v) is 14.5. The highest BCUT2D eigenvalue weighted by atomic mass is 19.1. The minimum Gasteiger partial charge on any atom is -0.462 e. The number of hydrogen-bond acceptors (Lipinski definition) is 8. The van der Waals surface area contributed by atoms with Crippen LogP contribution in [0.1, 0.15) is 25.0 Å². The lowest BCUT2D eigenvalue weighted by Crippen LogP contribution is -2.57. The van der Waals surface area contributed by atoms with Crippen LogP contribution in [0.5, 0.6) is 6.01 Å². The van der Waals surface area contributed by atoms with Crippen molar-refractivity contribution in [3.63, 3.8) is 0 Å². The zero-order valence-corrected chi connectivity index (χ0v) is 24.1. The second-order valence-electron chi connectivity index (χ2n) is 11.3. The molecule has 2 fully saturated rings. The number of aliphatic hydroxyl groups is 1. The summed E-state index contributed by atoms with van der Waals surface area (Å²) in [6.07, 6.45) is 0.882. The van der Waals surface area contributed by atoms with Crippen LogP contribution in [-0.4, -0.2) is 87.6 Å². The van der Waals surface area contributed by atoms with Crippen molar-refractivity contribution in [3.05, 3.63) is 66.6 Å². The molecule has 4 heterocycles. The maximum Gasteiger partial charge on any atom is 0.320 e. The van der Waals surface area contributed by atoms with Crippen LogP contribution in [0.25, 0.3) is 27.5 Å². The monoisotopic (exact) mass is 569 g/mol. The highest BCUT2D eigenvalue weighted by Gasteiger charge is 2.34. The Balaban J connectivity index is 1.45. The molecule has 0 saturated carbocycles. The molecule has 0 aliphatic carbocycles. The van der Waals surface area contributed by atoms with Gasteiger partial charge < -0.3 is 19.6 Å². The number of nitrogens with zero attached hydrogens (tertiary/aromatic N) is 7. The predicted molar refractivity (Wildman–Crippen MR) is 161 cm³/mol. The van der Waals surface area contributed by atoms with Gasteiger partial charge in [0.05, 0.1) is 23.6 Å². The van der Waals surface area contributed by atoms with E-state index in [2.05, 4.69) is 71.3 Å². The van der Waals surface area contributed by atoms with Crippen molar-refractivity contribution in [1.29, 1.82) is 5.26 Å². The Bertz CT molecular complexity index is 1660. The van der Waals surface area contributed by atoms with Gasteiger partial charge in [-0.15, -0.1) is 0 Å². The van der Waals surface area contributed by atoms with Gasteiger partial charge >= 0.3 is 6.01 Å². The van der Waals surface area contributed by atoms with E-state index in [9.17, 15) is 14.8 Å². The first kappa shape index (κ1) is 28.1. The zero-order valence-electron chi connectivity index (χ0n) is 24.1. The van der Waals surface area contributed by atoms with Crippen LogP contribution in [0.15, 0.2) is 60.9 Å².